The van der Waals surface area contributed by atoms with Crippen LogP contribution >= 0.6 is 0 Å². The molecule has 30 heavy (non-hydrogen) atoms. The van der Waals surface area contributed by atoms with Crippen molar-refractivity contribution in [3.05, 3.63) is 95.6 Å². The van der Waals surface area contributed by atoms with Gasteiger partial charge in [0, 0.05) is 24.3 Å². The van der Waals surface area contributed by atoms with Crippen LogP contribution in [-0.4, -0.2) is 25.5 Å². The first kappa shape index (κ1) is 19.4. The largest absolute Gasteiger partial charge is 0.471 e. The molecule has 0 atom stereocenters. The predicted molar refractivity (Wildman–Crippen MR) is 114 cm³/mol. The van der Waals surface area contributed by atoms with Crippen molar-refractivity contribution in [1.29, 1.82) is 0 Å². The smallest absolute Gasteiger partial charge is 0.276 e. The third-order valence-electron chi connectivity index (χ3n) is 4.52. The van der Waals surface area contributed by atoms with Crippen molar-refractivity contribution in [2.45, 2.75) is 27.1 Å². The van der Waals surface area contributed by atoms with Gasteiger partial charge in [-0.15, -0.1) is 0 Å². The lowest BCUT2D eigenvalue weighted by atomic mass is 10.1. The molecule has 4 rings (SSSR count). The number of ether oxygens (including phenoxy) is 1. The number of hydrogen-bond donors (Lipinski definition) is 1. The fourth-order valence-electron chi connectivity index (χ4n) is 3.24. The van der Waals surface area contributed by atoms with Gasteiger partial charge in [0.2, 0.25) is 0 Å². The maximum absolute atomic E-state index is 12.6. The standard InChI is InChI=1S/C23H23N5O2/c1-17-11-18(2)13-21(12-17)30-16-28-10-7-22(26-28)23(29)25-20-6-3-5-19(14-20)15-27-9-4-8-24-27/h3-14H,15-16H2,1-2H3,(H,25,29). The summed E-state index contributed by atoms with van der Waals surface area (Å²) in [6.07, 6.45) is 5.37. The highest BCUT2D eigenvalue weighted by molar-refractivity contribution is 6.02. The maximum Gasteiger partial charge on any atom is 0.276 e. The lowest BCUT2D eigenvalue weighted by Crippen LogP contribution is -2.14. The zero-order valence-corrected chi connectivity index (χ0v) is 16.9. The molecule has 2 aromatic carbocycles. The number of amides is 1. The molecule has 2 aromatic heterocycles. The molecule has 2 heterocycles. The van der Waals surface area contributed by atoms with Crippen LogP contribution in [0, 0.1) is 13.8 Å². The Morgan fingerprint density at radius 2 is 1.83 bits per heavy atom. The molecule has 0 fully saturated rings. The molecular weight excluding hydrogens is 378 g/mol. The van der Waals surface area contributed by atoms with E-state index in [4.69, 9.17) is 4.74 Å². The van der Waals surface area contributed by atoms with Gasteiger partial charge in [-0.2, -0.15) is 10.2 Å². The van der Waals surface area contributed by atoms with Crippen LogP contribution in [-0.2, 0) is 13.3 Å². The highest BCUT2D eigenvalue weighted by Crippen LogP contribution is 2.17. The Hall–Kier alpha value is -3.87. The second-order valence-electron chi connectivity index (χ2n) is 7.20. The van der Waals surface area contributed by atoms with Gasteiger partial charge in [0.1, 0.15) is 5.75 Å². The summed E-state index contributed by atoms with van der Waals surface area (Å²) in [5, 5.41) is 11.4. The van der Waals surface area contributed by atoms with Crippen molar-refractivity contribution in [2.75, 3.05) is 5.32 Å². The highest BCUT2D eigenvalue weighted by Gasteiger charge is 2.11. The molecule has 0 aliphatic heterocycles. The van der Waals surface area contributed by atoms with Crippen LogP contribution in [0.15, 0.2) is 73.2 Å². The fraction of sp³-hybridized carbons (Fsp3) is 0.174. The quantitative estimate of drug-likeness (QED) is 0.507. The Labute approximate surface area is 174 Å². The van der Waals surface area contributed by atoms with Crippen LogP contribution in [0.3, 0.4) is 0 Å². The number of nitrogens with zero attached hydrogens (tertiary/aromatic N) is 4. The Bertz CT molecular complexity index is 1130. The summed E-state index contributed by atoms with van der Waals surface area (Å²) in [5.74, 6) is 0.513. The fourth-order valence-corrected chi connectivity index (χ4v) is 3.24. The van der Waals surface area contributed by atoms with Crippen LogP contribution in [0.2, 0.25) is 0 Å². The number of carbonyl (C=O) groups is 1. The van der Waals surface area contributed by atoms with E-state index in [1.54, 1.807) is 23.1 Å². The molecule has 4 aromatic rings. The van der Waals surface area contributed by atoms with Gasteiger partial charge >= 0.3 is 0 Å². The summed E-state index contributed by atoms with van der Waals surface area (Å²) in [6.45, 7) is 4.93. The van der Waals surface area contributed by atoms with Crippen LogP contribution < -0.4 is 10.1 Å². The normalized spacial score (nSPS) is 10.7. The Morgan fingerprint density at radius 1 is 1.00 bits per heavy atom. The summed E-state index contributed by atoms with van der Waals surface area (Å²) < 4.78 is 9.22. The number of nitrogens with one attached hydrogen (secondary N) is 1. The van der Waals surface area contributed by atoms with E-state index in [-0.39, 0.29) is 12.6 Å². The average molecular weight is 401 g/mol. The number of benzene rings is 2. The third-order valence-corrected chi connectivity index (χ3v) is 4.52. The second-order valence-corrected chi connectivity index (χ2v) is 7.20. The van der Waals surface area contributed by atoms with Crippen molar-refractivity contribution in [3.8, 4) is 5.75 Å². The molecule has 0 radical (unpaired) electrons. The molecule has 1 amide bonds. The SMILES string of the molecule is Cc1cc(C)cc(OCn2ccc(C(=O)Nc3cccc(Cn4cccn4)c3)n2)c1. The number of rotatable bonds is 7. The van der Waals surface area contributed by atoms with E-state index in [0.717, 1.165) is 22.4 Å². The molecule has 0 spiro atoms. The maximum atomic E-state index is 12.6. The molecule has 0 unspecified atom stereocenters. The number of aromatic nitrogens is 4. The first-order chi connectivity index (χ1) is 14.5. The molecule has 0 bridgehead atoms. The monoisotopic (exact) mass is 401 g/mol. The minimum atomic E-state index is -0.267. The second kappa shape index (κ2) is 8.65. The number of anilines is 1. The van der Waals surface area contributed by atoms with Crippen molar-refractivity contribution >= 4 is 11.6 Å². The third kappa shape index (κ3) is 4.94. The number of aryl methyl sites for hydroxylation is 2. The molecule has 152 valence electrons. The first-order valence-electron chi connectivity index (χ1n) is 9.67. The van der Waals surface area contributed by atoms with Gasteiger partial charge in [0.25, 0.3) is 5.91 Å². The highest BCUT2D eigenvalue weighted by atomic mass is 16.5. The lowest BCUT2D eigenvalue weighted by molar-refractivity contribution is 0.102. The molecule has 7 nitrogen and oxygen atoms in total. The average Bonchev–Trinajstić information content (AvgIpc) is 3.38. The van der Waals surface area contributed by atoms with Crippen molar-refractivity contribution in [1.82, 2.24) is 19.6 Å². The van der Waals surface area contributed by atoms with Crippen LogP contribution in [0.25, 0.3) is 0 Å². The first-order valence-corrected chi connectivity index (χ1v) is 9.67. The van der Waals surface area contributed by atoms with Gasteiger partial charge in [-0.1, -0.05) is 18.2 Å². The Morgan fingerprint density at radius 3 is 2.60 bits per heavy atom. The van der Waals surface area contributed by atoms with E-state index in [9.17, 15) is 4.79 Å². The summed E-state index contributed by atoms with van der Waals surface area (Å²) >= 11 is 0. The predicted octanol–water partition coefficient (Wildman–Crippen LogP) is 4.03. The van der Waals surface area contributed by atoms with E-state index in [1.807, 2.05) is 67.2 Å². The molecule has 0 saturated carbocycles. The number of carbonyl (C=O) groups excluding carboxylic acids is 1. The van der Waals surface area contributed by atoms with Gasteiger partial charge in [-0.3, -0.25) is 9.48 Å². The van der Waals surface area contributed by atoms with E-state index in [2.05, 4.69) is 21.6 Å². The zero-order chi connectivity index (χ0) is 20.9. The Kier molecular flexibility index (Phi) is 5.61. The van der Waals surface area contributed by atoms with Gasteiger partial charge in [0.15, 0.2) is 12.4 Å². The van der Waals surface area contributed by atoms with Gasteiger partial charge in [-0.05, 0) is 66.9 Å². The van der Waals surface area contributed by atoms with Gasteiger partial charge in [-0.25, -0.2) is 4.68 Å². The van der Waals surface area contributed by atoms with Crippen molar-refractivity contribution < 1.29 is 9.53 Å². The van der Waals surface area contributed by atoms with E-state index < -0.39 is 0 Å². The van der Waals surface area contributed by atoms with Crippen molar-refractivity contribution in [3.63, 3.8) is 0 Å². The lowest BCUT2D eigenvalue weighted by Gasteiger charge is -2.08. The molecule has 0 saturated heterocycles. The summed E-state index contributed by atoms with van der Waals surface area (Å²) in [5.41, 5.74) is 4.37. The van der Waals surface area contributed by atoms with E-state index >= 15 is 0 Å². The topological polar surface area (TPSA) is 74.0 Å². The van der Waals surface area contributed by atoms with Crippen molar-refractivity contribution in [2.24, 2.45) is 0 Å². The summed E-state index contributed by atoms with van der Waals surface area (Å²) in [7, 11) is 0. The summed E-state index contributed by atoms with van der Waals surface area (Å²) in [4.78, 5) is 12.6. The molecular formula is C23H23N5O2. The van der Waals surface area contributed by atoms with Crippen LogP contribution in [0.1, 0.15) is 27.2 Å². The molecule has 0 aliphatic carbocycles. The van der Waals surface area contributed by atoms with Gasteiger partial charge in [0.05, 0.1) is 6.54 Å². The zero-order valence-electron chi connectivity index (χ0n) is 16.9. The molecule has 1 N–H and O–H groups in total. The summed E-state index contributed by atoms with van der Waals surface area (Å²) in [6, 6.07) is 17.3. The Balaban J connectivity index is 1.37. The number of hydrogen-bond acceptors (Lipinski definition) is 4. The molecule has 7 heteroatoms. The van der Waals surface area contributed by atoms with E-state index in [0.29, 0.717) is 17.9 Å². The minimum absolute atomic E-state index is 0.232. The van der Waals surface area contributed by atoms with Gasteiger partial charge < -0.3 is 10.1 Å². The van der Waals surface area contributed by atoms with Crippen LogP contribution in [0.4, 0.5) is 5.69 Å². The van der Waals surface area contributed by atoms with E-state index in [1.165, 1.54) is 0 Å². The molecule has 0 aliphatic rings. The van der Waals surface area contributed by atoms with Crippen LogP contribution in [0.5, 0.6) is 5.75 Å². The minimum Gasteiger partial charge on any atom is -0.471 e.